The van der Waals surface area contributed by atoms with Crippen LogP contribution < -0.4 is 5.73 Å². The van der Waals surface area contributed by atoms with Gasteiger partial charge in [-0.1, -0.05) is 18.2 Å². The summed E-state index contributed by atoms with van der Waals surface area (Å²) in [5.74, 6) is 0.575. The smallest absolute Gasteiger partial charge is 0.129 e. The molecule has 0 aliphatic carbocycles. The van der Waals surface area contributed by atoms with Crippen molar-refractivity contribution in [3.8, 4) is 0 Å². The van der Waals surface area contributed by atoms with Crippen LogP contribution in [0.3, 0.4) is 0 Å². The molecule has 0 aliphatic rings. The monoisotopic (exact) mass is 252 g/mol. The summed E-state index contributed by atoms with van der Waals surface area (Å²) < 4.78 is 1.96. The molecule has 96 valence electrons. The highest BCUT2D eigenvalue weighted by Gasteiger charge is 2.07. The Morgan fingerprint density at radius 2 is 1.95 bits per heavy atom. The molecule has 0 saturated heterocycles. The zero-order valence-corrected chi connectivity index (χ0v) is 11.1. The van der Waals surface area contributed by atoms with Crippen molar-refractivity contribution < 1.29 is 0 Å². The van der Waals surface area contributed by atoms with E-state index in [9.17, 15) is 0 Å². The minimum Gasteiger partial charge on any atom is -0.383 e. The van der Waals surface area contributed by atoms with E-state index in [2.05, 4.69) is 22.2 Å². The molecular weight excluding hydrogens is 236 g/mol. The molecule has 0 aliphatic heterocycles. The second kappa shape index (κ2) is 4.39. The van der Waals surface area contributed by atoms with E-state index in [1.807, 2.05) is 42.8 Å². The topological polar surface area (TPSA) is 56.7 Å². The Balaban J connectivity index is 2.05. The minimum atomic E-state index is 0.575. The lowest BCUT2D eigenvalue weighted by molar-refractivity contribution is 0.659. The van der Waals surface area contributed by atoms with Gasteiger partial charge in [0.1, 0.15) is 5.82 Å². The van der Waals surface area contributed by atoms with Gasteiger partial charge >= 0.3 is 0 Å². The molecule has 0 fully saturated rings. The van der Waals surface area contributed by atoms with Crippen LogP contribution in [0.2, 0.25) is 0 Å². The molecule has 0 unspecified atom stereocenters. The third-order valence-corrected chi connectivity index (χ3v) is 3.26. The summed E-state index contributed by atoms with van der Waals surface area (Å²) in [5, 5.41) is 5.56. The van der Waals surface area contributed by atoms with Crippen LogP contribution in [0.5, 0.6) is 0 Å². The molecule has 0 amide bonds. The van der Waals surface area contributed by atoms with Gasteiger partial charge in [-0.3, -0.25) is 4.68 Å². The van der Waals surface area contributed by atoms with E-state index in [1.54, 1.807) is 0 Å². The molecule has 1 aromatic carbocycles. The minimum absolute atomic E-state index is 0.575. The summed E-state index contributed by atoms with van der Waals surface area (Å²) >= 11 is 0. The van der Waals surface area contributed by atoms with Gasteiger partial charge < -0.3 is 5.73 Å². The van der Waals surface area contributed by atoms with Crippen molar-refractivity contribution >= 4 is 16.7 Å². The van der Waals surface area contributed by atoms with Crippen LogP contribution in [-0.2, 0) is 6.54 Å². The molecule has 0 spiro atoms. The van der Waals surface area contributed by atoms with E-state index in [-0.39, 0.29) is 0 Å². The summed E-state index contributed by atoms with van der Waals surface area (Å²) in [6.45, 7) is 4.69. The molecule has 0 atom stereocenters. The lowest BCUT2D eigenvalue weighted by atomic mass is 10.1. The number of nitrogens with zero attached hydrogens (tertiary/aromatic N) is 3. The van der Waals surface area contributed by atoms with E-state index in [0.717, 1.165) is 27.9 Å². The van der Waals surface area contributed by atoms with Gasteiger partial charge in [-0.2, -0.15) is 5.10 Å². The fraction of sp³-hybridized carbons (Fsp3) is 0.200. The third kappa shape index (κ3) is 2.17. The van der Waals surface area contributed by atoms with E-state index >= 15 is 0 Å². The summed E-state index contributed by atoms with van der Waals surface area (Å²) in [4.78, 5) is 4.44. The Bertz CT molecular complexity index is 743. The fourth-order valence-corrected chi connectivity index (χ4v) is 2.30. The lowest BCUT2D eigenvalue weighted by Gasteiger charge is -2.08. The highest BCUT2D eigenvalue weighted by molar-refractivity contribution is 5.81. The van der Waals surface area contributed by atoms with Gasteiger partial charge in [-0.15, -0.1) is 0 Å². The van der Waals surface area contributed by atoms with Crippen molar-refractivity contribution in [1.82, 2.24) is 14.8 Å². The normalized spacial score (nSPS) is 11.1. The van der Waals surface area contributed by atoms with Gasteiger partial charge in [-0.05, 0) is 32.0 Å². The highest BCUT2D eigenvalue weighted by atomic mass is 15.3. The van der Waals surface area contributed by atoms with Crippen molar-refractivity contribution in [3.05, 3.63) is 53.3 Å². The van der Waals surface area contributed by atoms with Crippen molar-refractivity contribution in [2.45, 2.75) is 20.4 Å². The number of nitrogens with two attached hydrogens (primary N) is 1. The second-order valence-corrected chi connectivity index (χ2v) is 4.81. The average molecular weight is 252 g/mol. The van der Waals surface area contributed by atoms with Crippen molar-refractivity contribution in [2.75, 3.05) is 5.73 Å². The van der Waals surface area contributed by atoms with Gasteiger partial charge in [-0.25, -0.2) is 4.98 Å². The number of aromatic nitrogens is 3. The first-order valence-electron chi connectivity index (χ1n) is 6.28. The molecule has 19 heavy (non-hydrogen) atoms. The molecule has 3 aromatic rings. The zero-order chi connectivity index (χ0) is 13.4. The lowest BCUT2D eigenvalue weighted by Crippen LogP contribution is -2.07. The van der Waals surface area contributed by atoms with Crippen LogP contribution in [0, 0.1) is 13.8 Å². The van der Waals surface area contributed by atoms with E-state index in [0.29, 0.717) is 12.4 Å². The van der Waals surface area contributed by atoms with E-state index in [4.69, 9.17) is 5.73 Å². The van der Waals surface area contributed by atoms with Crippen LogP contribution in [0.1, 0.15) is 17.0 Å². The number of benzene rings is 1. The SMILES string of the molecule is Cc1cc(C)n(Cc2cc3ccccc3nc2N)n1. The fourth-order valence-electron chi connectivity index (χ4n) is 2.30. The van der Waals surface area contributed by atoms with E-state index < -0.39 is 0 Å². The molecule has 2 N–H and O–H groups in total. The molecule has 0 bridgehead atoms. The Morgan fingerprint density at radius 3 is 2.68 bits per heavy atom. The number of fused-ring (bicyclic) bond motifs is 1. The van der Waals surface area contributed by atoms with Gasteiger partial charge in [0, 0.05) is 16.6 Å². The summed E-state index contributed by atoms with van der Waals surface area (Å²) in [6.07, 6.45) is 0. The molecule has 4 nitrogen and oxygen atoms in total. The van der Waals surface area contributed by atoms with Crippen molar-refractivity contribution in [3.63, 3.8) is 0 Å². The summed E-state index contributed by atoms with van der Waals surface area (Å²) in [5.41, 5.74) is 10.1. The number of aryl methyl sites for hydroxylation is 2. The van der Waals surface area contributed by atoms with Crippen LogP contribution in [0.25, 0.3) is 10.9 Å². The van der Waals surface area contributed by atoms with Crippen molar-refractivity contribution in [1.29, 1.82) is 0 Å². The number of anilines is 1. The predicted octanol–water partition coefficient (Wildman–Crippen LogP) is 2.68. The maximum Gasteiger partial charge on any atom is 0.129 e. The quantitative estimate of drug-likeness (QED) is 0.763. The molecule has 3 rings (SSSR count). The first-order valence-corrected chi connectivity index (χ1v) is 6.28. The molecular formula is C15H16N4. The van der Waals surface area contributed by atoms with Crippen LogP contribution >= 0.6 is 0 Å². The number of nitrogen functional groups attached to an aromatic ring is 1. The second-order valence-electron chi connectivity index (χ2n) is 4.81. The Kier molecular flexibility index (Phi) is 2.71. The van der Waals surface area contributed by atoms with Crippen LogP contribution in [0.15, 0.2) is 36.4 Å². The number of pyridine rings is 1. The number of hydrogen-bond donors (Lipinski definition) is 1. The van der Waals surface area contributed by atoms with Crippen LogP contribution in [0.4, 0.5) is 5.82 Å². The summed E-state index contributed by atoms with van der Waals surface area (Å²) in [6, 6.07) is 12.1. The molecule has 0 saturated carbocycles. The largest absolute Gasteiger partial charge is 0.383 e. The molecule has 0 radical (unpaired) electrons. The molecule has 4 heteroatoms. The molecule has 2 heterocycles. The number of rotatable bonds is 2. The zero-order valence-electron chi connectivity index (χ0n) is 11.1. The average Bonchev–Trinajstić information content (AvgIpc) is 2.69. The first kappa shape index (κ1) is 11.7. The maximum absolute atomic E-state index is 6.04. The Hall–Kier alpha value is -2.36. The number of hydrogen-bond acceptors (Lipinski definition) is 3. The first-order chi connectivity index (χ1) is 9.13. The van der Waals surface area contributed by atoms with Gasteiger partial charge in [0.05, 0.1) is 17.8 Å². The predicted molar refractivity (Wildman–Crippen MR) is 77.0 cm³/mol. The van der Waals surface area contributed by atoms with E-state index in [1.165, 1.54) is 0 Å². The number of para-hydroxylation sites is 1. The van der Waals surface area contributed by atoms with Crippen molar-refractivity contribution in [2.24, 2.45) is 0 Å². The maximum atomic E-state index is 6.04. The standard InChI is InChI=1S/C15H16N4/c1-10-7-11(2)19(18-10)9-13-8-12-5-3-4-6-14(12)17-15(13)16/h3-8H,9H2,1-2H3,(H2,16,17). The van der Waals surface area contributed by atoms with Gasteiger partial charge in [0.25, 0.3) is 0 Å². The van der Waals surface area contributed by atoms with Gasteiger partial charge in [0.2, 0.25) is 0 Å². The molecule has 2 aromatic heterocycles. The third-order valence-electron chi connectivity index (χ3n) is 3.26. The highest BCUT2D eigenvalue weighted by Crippen LogP contribution is 2.19. The Morgan fingerprint density at radius 1 is 1.16 bits per heavy atom. The Labute approximate surface area is 111 Å². The van der Waals surface area contributed by atoms with Gasteiger partial charge in [0.15, 0.2) is 0 Å². The van der Waals surface area contributed by atoms with Crippen LogP contribution in [-0.4, -0.2) is 14.8 Å². The summed E-state index contributed by atoms with van der Waals surface area (Å²) in [7, 11) is 0.